The van der Waals surface area contributed by atoms with Gasteiger partial charge in [0.05, 0.1) is 17.4 Å². The molecule has 3 unspecified atom stereocenters. The molecule has 0 aliphatic carbocycles. The second-order valence-corrected chi connectivity index (χ2v) is 46.1. The standard InChI is InChI=1S/C97H134O9P2/c1-53-40-64(85(14,15)16)75(65(41-53)86(17,18)19)94(60-50-62(83(8,9)10)72(98)48-57(60)5,74-59(7)81-80(100)79-82(74)103-107(102-81)101-52-93(79,38)39)96(77-68(89(26,27)28)44-55(3)45-69(77)90(29,30)31,78-70(91(32,33)34)46-56(4)47-71(78)92(35,36)37)95(97-104-108(105-97)106-97,61-51-63(84(11,12)13)73(99)49-58(61)6)76-66(87(20,21)22)42-54(2)43-67(76)88(23,24)25/h40-51,98-100H,52H2,1-39H3. The lowest BCUT2D eigenvalue weighted by molar-refractivity contribution is -0.445. The van der Waals surface area contributed by atoms with E-state index >= 15 is 0 Å². The number of phenolic OH excluding ortho intramolecular Hbond substituents is 3. The Labute approximate surface area is 653 Å². The van der Waals surface area contributed by atoms with Crippen molar-refractivity contribution in [1.82, 2.24) is 0 Å². The first-order chi connectivity index (χ1) is 48.7. The van der Waals surface area contributed by atoms with Gasteiger partial charge < -0.3 is 23.7 Å². The van der Waals surface area contributed by atoms with Gasteiger partial charge in [-0.05, 0) is 215 Å². The Morgan fingerprint density at radius 3 is 0.917 bits per heavy atom. The number of hydrogen-bond donors (Lipinski definition) is 3. The minimum absolute atomic E-state index is 0.0105. The first kappa shape index (κ1) is 83.1. The third-order valence-electron chi connectivity index (χ3n) is 23.9. The normalized spacial score (nSPS) is 19.0. The Bertz CT molecular complexity index is 4740. The molecule has 3 saturated heterocycles. The Hall–Kier alpha value is -5.89. The van der Waals surface area contributed by atoms with Crippen LogP contribution >= 0.6 is 16.8 Å². The summed E-state index contributed by atoms with van der Waals surface area (Å²) in [5, 5.41) is 41.4. The van der Waals surface area contributed by atoms with Crippen LogP contribution in [0.25, 0.3) is 11.2 Å². The number of phenols is 3. The van der Waals surface area contributed by atoms with Gasteiger partial charge in [0.2, 0.25) is 0 Å². The van der Waals surface area contributed by atoms with Crippen LogP contribution in [-0.2, 0) is 89.4 Å². The van der Waals surface area contributed by atoms with Crippen molar-refractivity contribution in [1.29, 1.82) is 0 Å². The third-order valence-corrected chi connectivity index (χ3v) is 26.1. The van der Waals surface area contributed by atoms with E-state index in [-0.39, 0.29) is 29.4 Å². The Balaban J connectivity index is 1.93. The molecule has 3 N–H and O–H groups in total. The molecule has 0 saturated carbocycles. The van der Waals surface area contributed by atoms with Gasteiger partial charge in [-0.2, -0.15) is 0 Å². The molecule has 3 atom stereocenters. The summed E-state index contributed by atoms with van der Waals surface area (Å²) < 4.78 is 47.9. The van der Waals surface area contributed by atoms with Crippen molar-refractivity contribution in [2.75, 3.05) is 6.61 Å². The molecular weight excluding hydrogens is 1370 g/mol. The van der Waals surface area contributed by atoms with Gasteiger partial charge in [-0.25, -0.2) is 0 Å². The zero-order valence-corrected chi connectivity index (χ0v) is 75.6. The minimum atomic E-state index is -2.30. The fourth-order valence-electron chi connectivity index (χ4n) is 19.2. The Morgan fingerprint density at radius 1 is 0.324 bits per heavy atom. The van der Waals surface area contributed by atoms with Gasteiger partial charge in [0.25, 0.3) is 0 Å². The summed E-state index contributed by atoms with van der Waals surface area (Å²) in [7, 11) is -4.30. The molecule has 6 heterocycles. The summed E-state index contributed by atoms with van der Waals surface area (Å²) in [5.41, 5.74) is 10.4. The van der Waals surface area contributed by atoms with Gasteiger partial charge in [0.1, 0.15) is 22.5 Å². The summed E-state index contributed by atoms with van der Waals surface area (Å²) in [5.74, 6) is -1.76. The van der Waals surface area contributed by atoms with Crippen LogP contribution in [0.1, 0.15) is 361 Å². The summed E-state index contributed by atoms with van der Waals surface area (Å²) in [4.78, 5) is 0. The van der Waals surface area contributed by atoms with Crippen LogP contribution in [0.3, 0.4) is 0 Å². The van der Waals surface area contributed by atoms with E-state index in [1.165, 1.54) is 0 Å². The Kier molecular flexibility index (Phi) is 19.7. The number of aromatic hydroxyl groups is 3. The first-order valence-corrected chi connectivity index (χ1v) is 41.8. The smallest absolute Gasteiger partial charge is 0.387 e. The highest BCUT2D eigenvalue weighted by atomic mass is 31.2. The summed E-state index contributed by atoms with van der Waals surface area (Å²) in [6.45, 7) is 91.0. The van der Waals surface area contributed by atoms with Crippen molar-refractivity contribution in [2.45, 2.75) is 352 Å². The number of fused-ring (bicyclic) bond motifs is 1. The zero-order chi connectivity index (χ0) is 81.4. The van der Waals surface area contributed by atoms with E-state index in [1.54, 1.807) is 0 Å². The molecule has 0 radical (unpaired) electrons. The van der Waals surface area contributed by atoms with Crippen LogP contribution in [0.4, 0.5) is 0 Å². The topological polar surface area (TPSA) is 124 Å². The fraction of sp³-hybridized carbons (Fsp3) is 0.567. The van der Waals surface area contributed by atoms with E-state index in [0.717, 1.165) is 128 Å². The lowest BCUT2D eigenvalue weighted by atomic mass is 9.32. The van der Waals surface area contributed by atoms with E-state index in [0.29, 0.717) is 16.7 Å². The second-order valence-electron chi connectivity index (χ2n) is 44.1. The molecule has 0 spiro atoms. The van der Waals surface area contributed by atoms with Gasteiger partial charge in [0, 0.05) is 22.1 Å². The maximum Gasteiger partial charge on any atom is 0.387 e. The van der Waals surface area contributed by atoms with E-state index in [1.807, 2.05) is 6.07 Å². The molecule has 108 heavy (non-hydrogen) atoms. The molecule has 3 fully saturated rings. The van der Waals surface area contributed by atoms with Gasteiger partial charge in [-0.15, -0.1) is 0 Å². The molecule has 9 aromatic rings. The van der Waals surface area contributed by atoms with Gasteiger partial charge in [-0.3, -0.25) is 18.1 Å². The van der Waals surface area contributed by atoms with Crippen LogP contribution in [0.2, 0.25) is 0 Å². The van der Waals surface area contributed by atoms with Crippen LogP contribution in [-0.4, -0.2) is 27.9 Å². The minimum Gasteiger partial charge on any atom is -0.508 e. The summed E-state index contributed by atoms with van der Waals surface area (Å²) in [6, 6.07) is 28.8. The number of rotatable bonds is 10. The molecule has 9 nitrogen and oxygen atoms in total. The Morgan fingerprint density at radius 2 is 0.611 bits per heavy atom. The van der Waals surface area contributed by atoms with Crippen molar-refractivity contribution in [3.8, 4) is 17.2 Å². The van der Waals surface area contributed by atoms with E-state index in [2.05, 4.69) is 337 Å². The van der Waals surface area contributed by atoms with Crippen molar-refractivity contribution >= 4 is 28.0 Å². The molecular formula is C97H134O9P2. The number of benzene rings is 7. The monoisotopic (exact) mass is 1500 g/mol. The highest BCUT2D eigenvalue weighted by Crippen LogP contribution is 2.87. The second kappa shape index (κ2) is 25.6. The van der Waals surface area contributed by atoms with Crippen molar-refractivity contribution in [3.05, 3.63) is 212 Å². The first-order valence-electron chi connectivity index (χ1n) is 39.6. The molecule has 0 amide bonds. The predicted molar refractivity (Wildman–Crippen MR) is 453 cm³/mol. The molecule has 586 valence electrons. The largest absolute Gasteiger partial charge is 0.508 e. The van der Waals surface area contributed by atoms with Crippen LogP contribution in [0.5, 0.6) is 17.2 Å². The zero-order valence-electron chi connectivity index (χ0n) is 73.8. The van der Waals surface area contributed by atoms with Crippen molar-refractivity contribution < 1.29 is 41.8 Å². The number of aryl methyl sites for hydroxylation is 7. The van der Waals surface area contributed by atoms with Crippen LogP contribution in [0.15, 0.2) is 81.2 Å². The summed E-state index contributed by atoms with van der Waals surface area (Å²) in [6.07, 6.45) is 0. The fourth-order valence-corrected chi connectivity index (χ4v) is 21.5. The lowest BCUT2D eigenvalue weighted by Gasteiger charge is -2.74. The van der Waals surface area contributed by atoms with Crippen molar-refractivity contribution in [2.24, 2.45) is 0 Å². The van der Waals surface area contributed by atoms with Gasteiger partial charge in [0.15, 0.2) is 11.3 Å². The number of hydrogen-bond acceptors (Lipinski definition) is 9. The maximum atomic E-state index is 14.1. The van der Waals surface area contributed by atoms with E-state index in [4.69, 9.17) is 26.5 Å². The van der Waals surface area contributed by atoms with Gasteiger partial charge in [-0.1, -0.05) is 304 Å². The molecule has 13 rings (SSSR count). The quantitative estimate of drug-likeness (QED) is 0.0907. The summed E-state index contributed by atoms with van der Waals surface area (Å²) >= 11 is 0. The molecule has 7 aromatic carbocycles. The molecule has 4 aliphatic rings. The lowest BCUT2D eigenvalue weighted by Crippen LogP contribution is -2.80. The van der Waals surface area contributed by atoms with Crippen LogP contribution in [0, 0.1) is 48.5 Å². The van der Waals surface area contributed by atoms with Crippen LogP contribution < -0.4 is 4.52 Å². The average Bonchev–Trinajstić information content (AvgIpc) is 0.666. The predicted octanol–water partition coefficient (Wildman–Crippen LogP) is 26.8. The molecule has 2 aromatic heterocycles. The highest BCUT2D eigenvalue weighted by Gasteiger charge is 2.88. The maximum absolute atomic E-state index is 14.1. The van der Waals surface area contributed by atoms with E-state index in [9.17, 15) is 15.3 Å². The highest BCUT2D eigenvalue weighted by molar-refractivity contribution is 7.45. The third kappa shape index (κ3) is 12.7. The molecule has 4 aliphatic heterocycles. The molecule has 6 bridgehead atoms. The van der Waals surface area contributed by atoms with Gasteiger partial charge >= 0.3 is 22.8 Å². The molecule has 11 heteroatoms. The van der Waals surface area contributed by atoms with Crippen molar-refractivity contribution in [3.63, 3.8) is 0 Å². The van der Waals surface area contributed by atoms with E-state index < -0.39 is 98.6 Å². The SMILES string of the molecule is Cc1cc(C(C)(C)C)c(C(c2cc(C(C)(C)C)c(O)cc2C)(c2c(C)c3op4oc2c(c3O)C(C)(C)CO4)C(c2c(C(C)(C)C)cc(C)cc2C(C)(C)C)(c2c(C(C)(C)C)cc(C)cc2C(C)(C)C)C(c2cc(C(C)(C)C)c(O)cc2C)(c2c(C(C)(C)C)cc(C)cc2C(C)(C)C)C23OP(O2)O3)c(C(C)(C)C)c1. The average molecular weight is 1510 g/mol.